The number of Topliss-reactive ketones (excluding diaryl/α,β-unsaturated/α-hetero) is 2. The van der Waals surface area contributed by atoms with Crippen molar-refractivity contribution in [3.05, 3.63) is 35.9 Å². The molecule has 1 fully saturated rings. The number of benzene rings is 1. The van der Waals surface area contributed by atoms with Crippen molar-refractivity contribution < 1.29 is 14.7 Å². The maximum Gasteiger partial charge on any atom is 0.168 e. The van der Waals surface area contributed by atoms with Crippen LogP contribution in [0.5, 0.6) is 0 Å². The molecule has 22 heavy (non-hydrogen) atoms. The fourth-order valence-corrected chi connectivity index (χ4v) is 3.74. The normalized spacial score (nSPS) is 22.0. The van der Waals surface area contributed by atoms with E-state index in [4.69, 9.17) is 5.11 Å². The third kappa shape index (κ3) is 3.46. The molecular weight excluding hydrogens is 276 g/mol. The third-order valence-electron chi connectivity index (χ3n) is 5.07. The second-order valence-corrected chi connectivity index (χ2v) is 6.85. The number of aliphatic hydroxyl groups excluding tert-OH is 1. The first-order valence-electron chi connectivity index (χ1n) is 8.22. The Kier molecular flexibility index (Phi) is 5.52. The number of hydrogen-bond acceptors (Lipinski definition) is 3. The van der Waals surface area contributed by atoms with Gasteiger partial charge < -0.3 is 5.11 Å². The molecule has 120 valence electrons. The largest absolute Gasteiger partial charge is 0.396 e. The lowest BCUT2D eigenvalue weighted by molar-refractivity contribution is -0.122. The van der Waals surface area contributed by atoms with Crippen LogP contribution < -0.4 is 0 Å². The number of ketones is 2. The van der Waals surface area contributed by atoms with Gasteiger partial charge in [0.1, 0.15) is 5.78 Å². The van der Waals surface area contributed by atoms with Crippen LogP contribution in [-0.4, -0.2) is 23.3 Å². The summed E-state index contributed by atoms with van der Waals surface area (Å²) in [5.41, 5.74) is 0.193. The average Bonchev–Trinajstić information content (AvgIpc) is 2.89. The second-order valence-electron chi connectivity index (χ2n) is 6.85. The summed E-state index contributed by atoms with van der Waals surface area (Å²) < 4.78 is 0. The van der Waals surface area contributed by atoms with Gasteiger partial charge in [-0.05, 0) is 25.2 Å². The quantitative estimate of drug-likeness (QED) is 0.618. The molecule has 3 nitrogen and oxygen atoms in total. The Morgan fingerprint density at radius 3 is 2.55 bits per heavy atom. The summed E-state index contributed by atoms with van der Waals surface area (Å²) in [4.78, 5) is 25.1. The lowest BCUT2D eigenvalue weighted by Gasteiger charge is -2.34. The molecule has 0 saturated heterocycles. The summed E-state index contributed by atoms with van der Waals surface area (Å²) in [5.74, 6) is 0.484. The van der Waals surface area contributed by atoms with E-state index in [0.29, 0.717) is 6.42 Å². The van der Waals surface area contributed by atoms with Crippen LogP contribution in [0.4, 0.5) is 0 Å². The van der Waals surface area contributed by atoms with Gasteiger partial charge in [0.2, 0.25) is 0 Å². The zero-order valence-corrected chi connectivity index (χ0v) is 13.5. The highest BCUT2D eigenvalue weighted by molar-refractivity contribution is 6.01. The molecule has 0 bridgehead atoms. The highest BCUT2D eigenvalue weighted by atomic mass is 16.2. The molecule has 0 radical (unpaired) electrons. The first kappa shape index (κ1) is 16.9. The Bertz CT molecular complexity index is 519. The van der Waals surface area contributed by atoms with Crippen molar-refractivity contribution in [3.63, 3.8) is 0 Å². The minimum Gasteiger partial charge on any atom is -0.396 e. The predicted octanol–water partition coefficient (Wildman–Crippen LogP) is 3.65. The molecular formula is C19H26O3. The number of rotatable bonds is 7. The van der Waals surface area contributed by atoms with Gasteiger partial charge in [0.15, 0.2) is 5.78 Å². The minimum atomic E-state index is -0.530. The highest BCUT2D eigenvalue weighted by Crippen LogP contribution is 2.45. The van der Waals surface area contributed by atoms with Crippen molar-refractivity contribution >= 4 is 11.6 Å². The Morgan fingerprint density at radius 1 is 1.23 bits per heavy atom. The molecule has 1 aliphatic carbocycles. The van der Waals surface area contributed by atoms with Crippen LogP contribution in [0.25, 0.3) is 0 Å². The SMILES string of the molecule is CC(C)(C(=O)c1ccccc1)[C@H]1CCC(=O)[C@@H]1CCCCO. The number of aliphatic hydroxyl groups is 1. The zero-order chi connectivity index (χ0) is 16.2. The molecule has 2 rings (SSSR count). The molecule has 1 saturated carbocycles. The summed E-state index contributed by atoms with van der Waals surface area (Å²) in [6, 6.07) is 9.35. The fourth-order valence-electron chi connectivity index (χ4n) is 3.74. The smallest absolute Gasteiger partial charge is 0.168 e. The monoisotopic (exact) mass is 302 g/mol. The summed E-state index contributed by atoms with van der Waals surface area (Å²) in [6.07, 6.45) is 3.74. The van der Waals surface area contributed by atoms with Crippen LogP contribution in [0.2, 0.25) is 0 Å². The number of carbonyl (C=O) groups is 2. The van der Waals surface area contributed by atoms with Gasteiger partial charge in [0.25, 0.3) is 0 Å². The van der Waals surface area contributed by atoms with E-state index >= 15 is 0 Å². The third-order valence-corrected chi connectivity index (χ3v) is 5.07. The zero-order valence-electron chi connectivity index (χ0n) is 13.5. The van der Waals surface area contributed by atoms with Gasteiger partial charge in [-0.3, -0.25) is 9.59 Å². The standard InChI is InChI=1S/C19H26O3/c1-19(2,18(22)14-8-4-3-5-9-14)16-11-12-17(21)15(16)10-6-7-13-20/h3-5,8-9,15-16,20H,6-7,10-13H2,1-2H3/t15-,16+/m1/s1. The Morgan fingerprint density at radius 2 is 1.91 bits per heavy atom. The molecule has 0 aliphatic heterocycles. The van der Waals surface area contributed by atoms with Gasteiger partial charge in [0, 0.05) is 29.9 Å². The van der Waals surface area contributed by atoms with Crippen LogP contribution in [0.3, 0.4) is 0 Å². The van der Waals surface area contributed by atoms with Crippen molar-refractivity contribution in [3.8, 4) is 0 Å². The Balaban J connectivity index is 2.16. The van der Waals surface area contributed by atoms with Gasteiger partial charge in [-0.25, -0.2) is 0 Å². The lowest BCUT2D eigenvalue weighted by Crippen LogP contribution is -2.36. The minimum absolute atomic E-state index is 0.0331. The lowest BCUT2D eigenvalue weighted by atomic mass is 9.68. The maximum absolute atomic E-state index is 12.9. The van der Waals surface area contributed by atoms with E-state index in [0.717, 1.165) is 31.2 Å². The van der Waals surface area contributed by atoms with Crippen molar-refractivity contribution in [2.24, 2.45) is 17.3 Å². The highest BCUT2D eigenvalue weighted by Gasteiger charge is 2.46. The Labute approximate surface area is 132 Å². The van der Waals surface area contributed by atoms with Crippen molar-refractivity contribution in [2.75, 3.05) is 6.61 Å². The Hall–Kier alpha value is -1.48. The van der Waals surface area contributed by atoms with Crippen molar-refractivity contribution in [1.29, 1.82) is 0 Å². The van der Waals surface area contributed by atoms with E-state index < -0.39 is 5.41 Å². The van der Waals surface area contributed by atoms with Gasteiger partial charge >= 0.3 is 0 Å². The molecule has 0 amide bonds. The molecule has 1 aliphatic rings. The van der Waals surface area contributed by atoms with E-state index in [9.17, 15) is 9.59 Å². The predicted molar refractivity (Wildman–Crippen MR) is 86.7 cm³/mol. The number of carbonyl (C=O) groups excluding carboxylic acids is 2. The van der Waals surface area contributed by atoms with E-state index in [1.165, 1.54) is 0 Å². The van der Waals surface area contributed by atoms with E-state index in [2.05, 4.69) is 0 Å². The second kappa shape index (κ2) is 7.19. The van der Waals surface area contributed by atoms with Crippen LogP contribution in [-0.2, 0) is 4.79 Å². The van der Waals surface area contributed by atoms with Crippen molar-refractivity contribution in [1.82, 2.24) is 0 Å². The molecule has 0 aromatic heterocycles. The molecule has 1 aromatic carbocycles. The van der Waals surface area contributed by atoms with Gasteiger partial charge in [0.05, 0.1) is 0 Å². The van der Waals surface area contributed by atoms with Crippen LogP contribution >= 0.6 is 0 Å². The summed E-state index contributed by atoms with van der Waals surface area (Å²) >= 11 is 0. The first-order chi connectivity index (χ1) is 10.5. The number of unbranched alkanes of at least 4 members (excludes halogenated alkanes) is 1. The number of hydrogen-bond donors (Lipinski definition) is 1. The van der Waals surface area contributed by atoms with Gasteiger partial charge in [-0.1, -0.05) is 50.6 Å². The molecule has 1 N–H and O–H groups in total. The average molecular weight is 302 g/mol. The van der Waals surface area contributed by atoms with E-state index in [-0.39, 0.29) is 30.0 Å². The fraction of sp³-hybridized carbons (Fsp3) is 0.579. The van der Waals surface area contributed by atoms with Gasteiger partial charge in [-0.15, -0.1) is 0 Å². The first-order valence-corrected chi connectivity index (χ1v) is 8.22. The van der Waals surface area contributed by atoms with Crippen LogP contribution in [0, 0.1) is 17.3 Å². The molecule has 3 heteroatoms. The van der Waals surface area contributed by atoms with Crippen LogP contribution in [0.15, 0.2) is 30.3 Å². The van der Waals surface area contributed by atoms with E-state index in [1.807, 2.05) is 44.2 Å². The van der Waals surface area contributed by atoms with Crippen LogP contribution in [0.1, 0.15) is 56.3 Å². The molecule has 0 unspecified atom stereocenters. The molecule has 0 spiro atoms. The molecule has 1 aromatic rings. The summed E-state index contributed by atoms with van der Waals surface area (Å²) in [7, 11) is 0. The van der Waals surface area contributed by atoms with E-state index in [1.54, 1.807) is 0 Å². The van der Waals surface area contributed by atoms with Gasteiger partial charge in [-0.2, -0.15) is 0 Å². The van der Waals surface area contributed by atoms with Crippen molar-refractivity contribution in [2.45, 2.75) is 46.0 Å². The summed E-state index contributed by atoms with van der Waals surface area (Å²) in [6.45, 7) is 4.12. The summed E-state index contributed by atoms with van der Waals surface area (Å²) in [5, 5.41) is 8.93. The molecule has 2 atom stereocenters. The molecule has 0 heterocycles. The maximum atomic E-state index is 12.9. The topological polar surface area (TPSA) is 54.4 Å².